The number of pyridine rings is 1. The molecule has 6 nitrogen and oxygen atoms in total. The molecular weight excluding hydrogens is 424 g/mol. The van der Waals surface area contributed by atoms with Crippen LogP contribution in [-0.4, -0.2) is 29.9 Å². The minimum Gasteiger partial charge on any atom is -0.387 e. The lowest BCUT2D eigenvalue weighted by Gasteiger charge is -2.21. The molecule has 164 valence electrons. The van der Waals surface area contributed by atoms with Crippen LogP contribution >= 0.6 is 11.6 Å². The molecule has 2 aliphatic rings. The summed E-state index contributed by atoms with van der Waals surface area (Å²) in [6, 6.07) is 13.7. The molecule has 1 saturated carbocycles. The lowest BCUT2D eigenvalue weighted by Crippen LogP contribution is -2.29. The Labute approximate surface area is 191 Å². The molecule has 2 fully saturated rings. The molecule has 2 aromatic carbocycles. The van der Waals surface area contributed by atoms with Crippen LogP contribution in [0.4, 0.5) is 11.5 Å². The first-order valence-corrected chi connectivity index (χ1v) is 11.4. The number of fused-ring (bicyclic) bond motifs is 1. The van der Waals surface area contributed by atoms with Gasteiger partial charge in [-0.05, 0) is 67.0 Å². The van der Waals surface area contributed by atoms with Gasteiger partial charge < -0.3 is 15.8 Å². The Balaban J connectivity index is 1.41. The zero-order valence-corrected chi connectivity index (χ0v) is 18.4. The van der Waals surface area contributed by atoms with E-state index in [4.69, 9.17) is 22.1 Å². The minimum atomic E-state index is 0.0534. The number of nitrogens with two attached hydrogens (primary N) is 1. The minimum absolute atomic E-state index is 0.0534. The molecule has 0 radical (unpaired) electrons. The molecule has 0 atom stereocenters. The van der Waals surface area contributed by atoms with Crippen LogP contribution in [0.15, 0.2) is 53.7 Å². The molecule has 3 aromatic rings. The monoisotopic (exact) mass is 448 g/mol. The molecule has 2 heterocycles. The molecule has 32 heavy (non-hydrogen) atoms. The van der Waals surface area contributed by atoms with Crippen LogP contribution in [-0.2, 0) is 9.53 Å². The lowest BCUT2D eigenvalue weighted by atomic mass is 9.99. The van der Waals surface area contributed by atoms with Crippen molar-refractivity contribution in [2.75, 3.05) is 18.5 Å². The zero-order valence-electron chi connectivity index (χ0n) is 17.7. The largest absolute Gasteiger partial charge is 0.387 e. The summed E-state index contributed by atoms with van der Waals surface area (Å²) in [4.78, 5) is 21.1. The number of anilines is 1. The van der Waals surface area contributed by atoms with Gasteiger partial charge in [-0.25, -0.2) is 9.98 Å². The first kappa shape index (κ1) is 20.9. The Morgan fingerprint density at radius 3 is 2.62 bits per heavy atom. The molecule has 1 amide bonds. The number of ether oxygens (including phenoxy) is 1. The fourth-order valence-corrected chi connectivity index (χ4v) is 4.22. The van der Waals surface area contributed by atoms with Gasteiger partial charge in [-0.2, -0.15) is 0 Å². The summed E-state index contributed by atoms with van der Waals surface area (Å²) >= 11 is 6.53. The maximum atomic E-state index is 12.0. The second-order valence-electron chi connectivity index (χ2n) is 8.48. The van der Waals surface area contributed by atoms with Gasteiger partial charge in [0.1, 0.15) is 11.7 Å². The van der Waals surface area contributed by atoms with E-state index in [1.54, 1.807) is 6.20 Å². The van der Waals surface area contributed by atoms with E-state index in [9.17, 15) is 4.79 Å². The number of halogens is 1. The number of carbonyl (C=O) groups is 1. The maximum Gasteiger partial charge on any atom is 0.228 e. The molecule has 1 aliphatic carbocycles. The van der Waals surface area contributed by atoms with Gasteiger partial charge in [-0.15, -0.1) is 0 Å². The van der Waals surface area contributed by atoms with Gasteiger partial charge in [0.05, 0.1) is 5.69 Å². The van der Waals surface area contributed by atoms with Crippen molar-refractivity contribution in [3.05, 3.63) is 53.7 Å². The number of aliphatic imine (C=N–C) groups is 1. The molecule has 3 N–H and O–H groups in total. The number of amidine groups is 1. The van der Waals surface area contributed by atoms with Crippen molar-refractivity contribution in [1.82, 2.24) is 4.98 Å². The first-order chi connectivity index (χ1) is 15.6. The average Bonchev–Trinajstić information content (AvgIpc) is 3.66. The Bertz CT molecular complexity index is 1200. The first-order valence-electron chi connectivity index (χ1n) is 11.0. The molecular formula is C25H25ClN4O2. The quantitative estimate of drug-likeness (QED) is 0.408. The lowest BCUT2D eigenvalue weighted by molar-refractivity contribution is -0.117. The van der Waals surface area contributed by atoms with E-state index in [1.807, 2.05) is 42.5 Å². The standard InChI is InChI=1S/C25H25ClN4O2/c26-22-6-5-20(29-24(27)15-7-9-32-10-8-15)13-21(22)18-4-3-17-12-23(28-14-19(17)11-18)30-25(31)16-1-2-16/h3-6,11-16H,1-2,7-10H2,(H2,27,29)(H,28,30,31). The number of rotatable bonds is 5. The smallest absolute Gasteiger partial charge is 0.228 e. The van der Waals surface area contributed by atoms with Crippen molar-refractivity contribution in [3.63, 3.8) is 0 Å². The summed E-state index contributed by atoms with van der Waals surface area (Å²) < 4.78 is 5.41. The third kappa shape index (κ3) is 4.61. The highest BCUT2D eigenvalue weighted by atomic mass is 35.5. The number of aromatic nitrogens is 1. The van der Waals surface area contributed by atoms with Crippen LogP contribution in [0.3, 0.4) is 0 Å². The molecule has 0 bridgehead atoms. The van der Waals surface area contributed by atoms with Crippen molar-refractivity contribution >= 4 is 45.6 Å². The van der Waals surface area contributed by atoms with Crippen molar-refractivity contribution in [2.45, 2.75) is 25.7 Å². The number of nitrogens with one attached hydrogen (secondary N) is 1. The van der Waals surface area contributed by atoms with Gasteiger partial charge in [-0.3, -0.25) is 4.79 Å². The number of hydrogen-bond acceptors (Lipinski definition) is 4. The Hall–Kier alpha value is -2.96. The van der Waals surface area contributed by atoms with E-state index in [2.05, 4.69) is 15.3 Å². The fourth-order valence-electron chi connectivity index (χ4n) is 3.99. The Morgan fingerprint density at radius 2 is 1.84 bits per heavy atom. The van der Waals surface area contributed by atoms with Gasteiger partial charge >= 0.3 is 0 Å². The van der Waals surface area contributed by atoms with Crippen molar-refractivity contribution in [1.29, 1.82) is 0 Å². The second kappa shape index (κ2) is 8.88. The van der Waals surface area contributed by atoms with E-state index in [0.29, 0.717) is 16.7 Å². The average molecular weight is 449 g/mol. The van der Waals surface area contributed by atoms with Gasteiger partial charge in [0.25, 0.3) is 0 Å². The van der Waals surface area contributed by atoms with Crippen LogP contribution in [0.1, 0.15) is 25.7 Å². The molecule has 0 spiro atoms. The Kier molecular flexibility index (Phi) is 5.81. The van der Waals surface area contributed by atoms with E-state index < -0.39 is 0 Å². The predicted octanol–water partition coefficient (Wildman–Crippen LogP) is 5.32. The van der Waals surface area contributed by atoms with Crippen molar-refractivity contribution in [3.8, 4) is 11.1 Å². The normalized spacial score (nSPS) is 17.5. The summed E-state index contributed by atoms with van der Waals surface area (Å²) in [6.45, 7) is 1.45. The van der Waals surface area contributed by atoms with Gasteiger partial charge in [0.15, 0.2) is 0 Å². The summed E-state index contributed by atoms with van der Waals surface area (Å²) in [6.07, 6.45) is 5.51. The SMILES string of the molecule is NC(=Nc1ccc(Cl)c(-c2ccc3cc(NC(=O)C4CC4)ncc3c2)c1)C1CCOCC1. The highest BCUT2D eigenvalue weighted by Gasteiger charge is 2.29. The highest BCUT2D eigenvalue weighted by molar-refractivity contribution is 6.33. The third-order valence-electron chi connectivity index (χ3n) is 6.08. The van der Waals surface area contributed by atoms with Crippen LogP contribution in [0.5, 0.6) is 0 Å². The number of benzene rings is 2. The summed E-state index contributed by atoms with van der Waals surface area (Å²) in [5.41, 5.74) is 8.92. The number of nitrogens with zero attached hydrogens (tertiary/aromatic N) is 2. The van der Waals surface area contributed by atoms with Gasteiger partial charge in [-0.1, -0.05) is 23.7 Å². The van der Waals surface area contributed by atoms with E-state index in [1.165, 1.54) is 0 Å². The summed E-state index contributed by atoms with van der Waals surface area (Å²) in [5.74, 6) is 1.68. The number of hydrogen-bond donors (Lipinski definition) is 2. The third-order valence-corrected chi connectivity index (χ3v) is 6.41. The van der Waals surface area contributed by atoms with Crippen LogP contribution in [0.25, 0.3) is 21.9 Å². The number of carbonyl (C=O) groups excluding carboxylic acids is 1. The molecule has 1 saturated heterocycles. The van der Waals surface area contributed by atoms with Crippen LogP contribution < -0.4 is 11.1 Å². The van der Waals surface area contributed by atoms with E-state index in [-0.39, 0.29) is 17.7 Å². The number of amides is 1. The summed E-state index contributed by atoms with van der Waals surface area (Å²) in [7, 11) is 0. The Morgan fingerprint density at radius 1 is 1.03 bits per heavy atom. The maximum absolute atomic E-state index is 12.0. The molecule has 1 aromatic heterocycles. The topological polar surface area (TPSA) is 89.6 Å². The molecule has 1 aliphatic heterocycles. The molecule has 7 heteroatoms. The van der Waals surface area contributed by atoms with Crippen LogP contribution in [0.2, 0.25) is 5.02 Å². The van der Waals surface area contributed by atoms with Gasteiger partial charge in [0, 0.05) is 47.2 Å². The fraction of sp³-hybridized carbons (Fsp3) is 0.320. The second-order valence-corrected chi connectivity index (χ2v) is 8.89. The zero-order chi connectivity index (χ0) is 22.1. The highest BCUT2D eigenvalue weighted by Crippen LogP contribution is 2.34. The van der Waals surface area contributed by atoms with Crippen molar-refractivity contribution < 1.29 is 9.53 Å². The van der Waals surface area contributed by atoms with E-state index >= 15 is 0 Å². The molecule has 5 rings (SSSR count). The molecule has 0 unspecified atom stereocenters. The van der Waals surface area contributed by atoms with Crippen molar-refractivity contribution in [2.24, 2.45) is 22.6 Å². The predicted molar refractivity (Wildman–Crippen MR) is 128 cm³/mol. The van der Waals surface area contributed by atoms with Crippen LogP contribution in [0, 0.1) is 11.8 Å². The van der Waals surface area contributed by atoms with Gasteiger partial charge in [0.2, 0.25) is 5.91 Å². The summed E-state index contributed by atoms with van der Waals surface area (Å²) in [5, 5.41) is 5.52. The van der Waals surface area contributed by atoms with E-state index in [0.717, 1.165) is 66.5 Å².